The molecule has 150 valence electrons. The Bertz CT molecular complexity index is 632. The van der Waals surface area contributed by atoms with E-state index in [-0.39, 0.29) is 24.3 Å². The predicted molar refractivity (Wildman–Crippen MR) is 109 cm³/mol. The lowest BCUT2D eigenvalue weighted by Crippen LogP contribution is -2.45. The molecule has 7 heteroatoms. The summed E-state index contributed by atoms with van der Waals surface area (Å²) in [6, 6.07) is 8.19. The molecular weight excluding hydrogens is 364 g/mol. The van der Waals surface area contributed by atoms with Gasteiger partial charge in [-0.15, -0.1) is 12.4 Å². The molecule has 0 bridgehead atoms. The Morgan fingerprint density at radius 1 is 1.07 bits per heavy atom. The monoisotopic (exact) mass is 394 g/mol. The van der Waals surface area contributed by atoms with E-state index >= 15 is 0 Å². The average Bonchev–Trinajstić information content (AvgIpc) is 2.68. The molecule has 1 aromatic carbocycles. The number of amides is 3. The van der Waals surface area contributed by atoms with E-state index in [4.69, 9.17) is 0 Å². The number of urea groups is 1. The Balaban J connectivity index is 0.00000261. The maximum absolute atomic E-state index is 12.4. The second-order valence-electron chi connectivity index (χ2n) is 7.30. The van der Waals surface area contributed by atoms with Gasteiger partial charge in [0.2, 0.25) is 5.91 Å². The molecule has 1 aromatic rings. The number of nitrogens with one attached hydrogen (secondary N) is 2. The Hall–Kier alpha value is -1.79. The Morgan fingerprint density at radius 2 is 1.78 bits per heavy atom. The van der Waals surface area contributed by atoms with Gasteiger partial charge < -0.3 is 20.4 Å². The molecule has 0 saturated carbocycles. The molecule has 27 heavy (non-hydrogen) atoms. The van der Waals surface area contributed by atoms with Gasteiger partial charge in [-0.25, -0.2) is 4.79 Å². The maximum Gasteiger partial charge on any atom is 0.317 e. The van der Waals surface area contributed by atoms with Crippen LogP contribution in [0, 0.1) is 5.92 Å². The first kappa shape index (κ1) is 21.5. The summed E-state index contributed by atoms with van der Waals surface area (Å²) < 4.78 is 0. The fraction of sp³-hybridized carbons (Fsp3) is 0.600. The minimum absolute atomic E-state index is 0. The first-order chi connectivity index (χ1) is 12.7. The molecule has 6 nitrogen and oxygen atoms in total. The molecule has 0 aromatic heterocycles. The van der Waals surface area contributed by atoms with Crippen molar-refractivity contribution in [2.75, 3.05) is 39.8 Å². The highest BCUT2D eigenvalue weighted by atomic mass is 35.5. The summed E-state index contributed by atoms with van der Waals surface area (Å²) in [5.74, 6) is 0.822. The van der Waals surface area contributed by atoms with Crippen LogP contribution < -0.4 is 10.6 Å². The number of likely N-dealkylation sites (tertiary alicyclic amines) is 1. The van der Waals surface area contributed by atoms with Crippen LogP contribution in [0.4, 0.5) is 4.79 Å². The largest absolute Gasteiger partial charge is 0.343 e. The lowest BCUT2D eigenvalue weighted by Gasteiger charge is -2.32. The molecule has 2 N–H and O–H groups in total. The van der Waals surface area contributed by atoms with E-state index in [0.29, 0.717) is 25.4 Å². The second-order valence-corrected chi connectivity index (χ2v) is 7.30. The number of hydrogen-bond acceptors (Lipinski definition) is 3. The molecule has 0 aliphatic carbocycles. The van der Waals surface area contributed by atoms with Crippen LogP contribution in [0.25, 0.3) is 0 Å². The van der Waals surface area contributed by atoms with Gasteiger partial charge in [-0.1, -0.05) is 24.3 Å². The van der Waals surface area contributed by atoms with Gasteiger partial charge in [0.15, 0.2) is 0 Å². The molecule has 3 rings (SSSR count). The van der Waals surface area contributed by atoms with Crippen molar-refractivity contribution in [3.63, 3.8) is 0 Å². The first-order valence-corrected chi connectivity index (χ1v) is 9.69. The molecule has 1 saturated heterocycles. The number of halogens is 1. The van der Waals surface area contributed by atoms with Gasteiger partial charge in [0.1, 0.15) is 0 Å². The number of rotatable bonds is 5. The molecular formula is C20H31ClN4O2. The van der Waals surface area contributed by atoms with Crippen LogP contribution in [-0.2, 0) is 17.8 Å². The zero-order valence-electron chi connectivity index (χ0n) is 16.1. The van der Waals surface area contributed by atoms with Gasteiger partial charge in [-0.2, -0.15) is 0 Å². The predicted octanol–water partition coefficient (Wildman–Crippen LogP) is 2.02. The van der Waals surface area contributed by atoms with Crippen LogP contribution in [0.2, 0.25) is 0 Å². The van der Waals surface area contributed by atoms with Crippen molar-refractivity contribution in [1.82, 2.24) is 20.4 Å². The van der Waals surface area contributed by atoms with Gasteiger partial charge in [-0.05, 0) is 49.9 Å². The number of carbonyl (C=O) groups excluding carboxylic acids is 2. The normalized spacial score (nSPS) is 17.1. The minimum atomic E-state index is -0.0694. The number of carbonyl (C=O) groups is 2. The van der Waals surface area contributed by atoms with E-state index in [9.17, 15) is 9.59 Å². The third kappa shape index (κ3) is 5.84. The summed E-state index contributed by atoms with van der Waals surface area (Å²) in [5, 5.41) is 6.12. The van der Waals surface area contributed by atoms with Crippen molar-refractivity contribution < 1.29 is 9.59 Å². The maximum atomic E-state index is 12.4. The highest BCUT2D eigenvalue weighted by Crippen LogP contribution is 2.19. The summed E-state index contributed by atoms with van der Waals surface area (Å²) in [7, 11) is 1.97. The van der Waals surface area contributed by atoms with E-state index in [1.165, 1.54) is 11.1 Å². The van der Waals surface area contributed by atoms with Crippen LogP contribution in [0.1, 0.15) is 30.4 Å². The quantitative estimate of drug-likeness (QED) is 0.803. The third-order valence-electron chi connectivity index (χ3n) is 5.49. The second kappa shape index (κ2) is 10.5. The Kier molecular flexibility index (Phi) is 8.38. The third-order valence-corrected chi connectivity index (χ3v) is 5.49. The smallest absolute Gasteiger partial charge is 0.317 e. The van der Waals surface area contributed by atoms with Crippen molar-refractivity contribution in [3.8, 4) is 0 Å². The van der Waals surface area contributed by atoms with Crippen LogP contribution in [0.3, 0.4) is 0 Å². The Labute approximate surface area is 168 Å². The lowest BCUT2D eigenvalue weighted by molar-refractivity contribution is -0.132. The summed E-state index contributed by atoms with van der Waals surface area (Å²) in [6.07, 6.45) is 3.40. The van der Waals surface area contributed by atoms with Crippen LogP contribution in [0.15, 0.2) is 24.3 Å². The zero-order chi connectivity index (χ0) is 18.4. The van der Waals surface area contributed by atoms with Gasteiger partial charge in [0, 0.05) is 39.1 Å². The van der Waals surface area contributed by atoms with Crippen LogP contribution >= 0.6 is 12.4 Å². The topological polar surface area (TPSA) is 64.7 Å². The van der Waals surface area contributed by atoms with Crippen molar-refractivity contribution in [1.29, 1.82) is 0 Å². The molecule has 1 fully saturated rings. The first-order valence-electron chi connectivity index (χ1n) is 9.69. The van der Waals surface area contributed by atoms with Gasteiger partial charge in [0.25, 0.3) is 0 Å². The lowest BCUT2D eigenvalue weighted by atomic mass is 9.96. The summed E-state index contributed by atoms with van der Waals surface area (Å²) in [5.41, 5.74) is 2.54. The molecule has 2 aliphatic heterocycles. The van der Waals surface area contributed by atoms with Crippen molar-refractivity contribution in [2.24, 2.45) is 5.92 Å². The molecule has 3 amide bonds. The van der Waals surface area contributed by atoms with E-state index in [2.05, 4.69) is 22.8 Å². The SMILES string of the molecule is CNCC1CCN(C(=O)CCNC(=O)N2CCc3ccccc3C2)CC1.Cl. The van der Waals surface area contributed by atoms with Crippen molar-refractivity contribution in [2.45, 2.75) is 32.2 Å². The van der Waals surface area contributed by atoms with E-state index in [1.807, 2.05) is 29.0 Å². The molecule has 2 heterocycles. The number of piperidine rings is 1. The number of fused-ring (bicyclic) bond motifs is 1. The van der Waals surface area contributed by atoms with Gasteiger partial charge in [0.05, 0.1) is 0 Å². The fourth-order valence-corrected chi connectivity index (χ4v) is 3.89. The Morgan fingerprint density at radius 3 is 2.48 bits per heavy atom. The minimum Gasteiger partial charge on any atom is -0.343 e. The highest BCUT2D eigenvalue weighted by Gasteiger charge is 2.23. The van der Waals surface area contributed by atoms with Crippen LogP contribution in [0.5, 0.6) is 0 Å². The van der Waals surface area contributed by atoms with E-state index in [1.54, 1.807) is 0 Å². The summed E-state index contributed by atoms with van der Waals surface area (Å²) in [4.78, 5) is 28.5. The van der Waals surface area contributed by atoms with Crippen LogP contribution in [-0.4, -0.2) is 61.5 Å². The molecule has 0 spiro atoms. The average molecular weight is 395 g/mol. The number of nitrogens with zero attached hydrogens (tertiary/aromatic N) is 2. The van der Waals surface area contributed by atoms with E-state index < -0.39 is 0 Å². The number of hydrogen-bond donors (Lipinski definition) is 2. The molecule has 0 radical (unpaired) electrons. The van der Waals surface area contributed by atoms with E-state index in [0.717, 1.165) is 45.4 Å². The fourth-order valence-electron chi connectivity index (χ4n) is 3.89. The van der Waals surface area contributed by atoms with Gasteiger partial charge >= 0.3 is 6.03 Å². The zero-order valence-corrected chi connectivity index (χ0v) is 16.9. The molecule has 2 aliphatic rings. The van der Waals surface area contributed by atoms with Crippen molar-refractivity contribution in [3.05, 3.63) is 35.4 Å². The molecule has 0 unspecified atom stereocenters. The van der Waals surface area contributed by atoms with Crippen molar-refractivity contribution >= 4 is 24.3 Å². The summed E-state index contributed by atoms with van der Waals surface area (Å²) >= 11 is 0. The standard InChI is InChI=1S/C20H30N4O2.ClH/c1-21-14-16-7-11-23(12-8-16)19(25)6-10-22-20(26)24-13-9-17-4-2-3-5-18(17)15-24;/h2-5,16,21H,6-15H2,1H3,(H,22,26);1H. The number of benzene rings is 1. The molecule has 0 atom stereocenters. The summed E-state index contributed by atoms with van der Waals surface area (Å²) in [6.45, 7) is 4.48. The van der Waals surface area contributed by atoms with Gasteiger partial charge in [-0.3, -0.25) is 4.79 Å². The highest BCUT2D eigenvalue weighted by molar-refractivity contribution is 5.85.